The second kappa shape index (κ2) is 10.3. The van der Waals surface area contributed by atoms with E-state index in [0.29, 0.717) is 17.9 Å². The minimum absolute atomic E-state index is 0.0239. The lowest BCUT2D eigenvalue weighted by molar-refractivity contribution is -0.469. The van der Waals surface area contributed by atoms with Crippen LogP contribution in [0.25, 0.3) is 10.9 Å². The first kappa shape index (κ1) is 28.0. The Morgan fingerprint density at radius 2 is 1.87 bits per heavy atom. The maximum Gasteiger partial charge on any atom is 0.394 e. The Balaban J connectivity index is 1.76. The quantitative estimate of drug-likeness (QED) is 0.381. The van der Waals surface area contributed by atoms with Crippen LogP contribution in [0.5, 0.6) is 11.5 Å². The largest absolute Gasteiger partial charge is 0.872 e. The minimum Gasteiger partial charge on any atom is -0.872 e. The van der Waals surface area contributed by atoms with Gasteiger partial charge in [-0.15, -0.1) is 4.58 Å². The molecule has 1 atom stereocenters. The number of rotatable bonds is 7. The number of fused-ring (bicyclic) bond motifs is 2. The molecule has 2 aliphatic heterocycles. The average Bonchev–Trinajstić information content (AvgIpc) is 3.35. The Morgan fingerprint density at radius 1 is 1.15 bits per heavy atom. The van der Waals surface area contributed by atoms with Crippen molar-refractivity contribution in [1.82, 2.24) is 4.57 Å². The van der Waals surface area contributed by atoms with E-state index in [-0.39, 0.29) is 37.6 Å². The molecule has 0 radical (unpaired) electrons. The minimum atomic E-state index is -1.53. The molecule has 3 heterocycles. The molecule has 0 aliphatic carbocycles. The zero-order valence-electron chi connectivity index (χ0n) is 23.3. The van der Waals surface area contributed by atoms with Crippen LogP contribution in [0.2, 0.25) is 0 Å². The number of carbonyl (C=O) groups is 3. The molecule has 11 heteroatoms. The van der Waals surface area contributed by atoms with Gasteiger partial charge in [0.15, 0.2) is 18.0 Å². The maximum absolute atomic E-state index is 13.8. The van der Waals surface area contributed by atoms with E-state index in [2.05, 4.69) is 0 Å². The van der Waals surface area contributed by atoms with Gasteiger partial charge in [-0.05, 0) is 44.9 Å². The first-order valence-electron chi connectivity index (χ1n) is 12.6. The SMILES string of the molecule is COC(=O)C1=C([O-])[C@@]2(CC(=O)OC(C)(C)C)CCC[N+](C(=O)Cc3cn(C)c4c(OC)c(OC)ccc34)=C2O1. The van der Waals surface area contributed by atoms with E-state index in [1.54, 1.807) is 41.1 Å². The molecule has 2 aromatic rings. The van der Waals surface area contributed by atoms with Gasteiger partial charge in [0.1, 0.15) is 17.4 Å². The van der Waals surface area contributed by atoms with E-state index >= 15 is 0 Å². The topological polar surface area (TPSA) is 128 Å². The van der Waals surface area contributed by atoms with Crippen LogP contribution in [0.1, 0.15) is 45.6 Å². The van der Waals surface area contributed by atoms with Gasteiger partial charge >= 0.3 is 23.7 Å². The molecule has 1 amide bonds. The van der Waals surface area contributed by atoms with Crippen molar-refractivity contribution in [1.29, 1.82) is 0 Å². The molecule has 0 saturated heterocycles. The highest BCUT2D eigenvalue weighted by atomic mass is 16.6. The highest BCUT2D eigenvalue weighted by Crippen LogP contribution is 2.46. The van der Waals surface area contributed by atoms with Crippen LogP contribution in [0, 0.1) is 5.41 Å². The molecule has 4 rings (SSSR count). The average molecular weight is 543 g/mol. The summed E-state index contributed by atoms with van der Waals surface area (Å²) in [5.74, 6) is -2.10. The summed E-state index contributed by atoms with van der Waals surface area (Å²) in [7, 11) is 6.08. The molecule has 11 nitrogen and oxygen atoms in total. The number of hydrogen-bond donors (Lipinski definition) is 0. The van der Waals surface area contributed by atoms with Gasteiger partial charge in [-0.2, -0.15) is 0 Å². The van der Waals surface area contributed by atoms with Crippen molar-refractivity contribution < 1.29 is 47.7 Å². The third-order valence-electron chi connectivity index (χ3n) is 6.93. The molecule has 0 bridgehead atoms. The number of nitrogens with zero attached hydrogens (tertiary/aromatic N) is 2. The summed E-state index contributed by atoms with van der Waals surface area (Å²) in [6.45, 7) is 5.42. The molecule has 0 unspecified atom stereocenters. The maximum atomic E-state index is 13.8. The predicted molar refractivity (Wildman–Crippen MR) is 137 cm³/mol. The molecule has 1 aromatic heterocycles. The number of hydrogen-bond acceptors (Lipinski definition) is 9. The summed E-state index contributed by atoms with van der Waals surface area (Å²) in [5.41, 5.74) is -0.828. The summed E-state index contributed by atoms with van der Waals surface area (Å²) in [6.07, 6.45) is 2.08. The second-order valence-corrected chi connectivity index (χ2v) is 10.7. The van der Waals surface area contributed by atoms with E-state index in [1.807, 2.05) is 23.9 Å². The van der Waals surface area contributed by atoms with E-state index < -0.39 is 34.5 Å². The standard InChI is InChI=1S/C28H34N2O9/c1-27(2,3)39-20(32)14-28-11-8-12-30(26(28)38-23(24(28)33)25(34)37-7)19(31)13-16-15-29(4)21-17(16)9-10-18(35-5)22(21)36-6/h9-10,15H,8,11-14H2,1-7H3/t28-/m0/s1. The highest BCUT2D eigenvalue weighted by molar-refractivity contribution is 6.01. The van der Waals surface area contributed by atoms with Crippen LogP contribution in [0.15, 0.2) is 29.8 Å². The number of ether oxygens (including phenoxy) is 5. The molecular formula is C28H34N2O9. The second-order valence-electron chi connectivity index (χ2n) is 10.7. The Morgan fingerprint density at radius 3 is 2.49 bits per heavy atom. The fourth-order valence-electron chi connectivity index (χ4n) is 5.35. The smallest absolute Gasteiger partial charge is 0.394 e. The summed E-state index contributed by atoms with van der Waals surface area (Å²) in [5, 5.41) is 14.3. The number of esters is 2. The lowest BCUT2D eigenvalue weighted by Crippen LogP contribution is -2.48. The van der Waals surface area contributed by atoms with Crippen molar-refractivity contribution in [2.24, 2.45) is 12.5 Å². The molecule has 0 saturated carbocycles. The molecular weight excluding hydrogens is 508 g/mol. The van der Waals surface area contributed by atoms with E-state index in [4.69, 9.17) is 23.7 Å². The van der Waals surface area contributed by atoms with Crippen molar-refractivity contribution in [2.75, 3.05) is 27.9 Å². The summed E-state index contributed by atoms with van der Waals surface area (Å²) < 4.78 is 30.2. The van der Waals surface area contributed by atoms with E-state index in [9.17, 15) is 19.5 Å². The van der Waals surface area contributed by atoms with Gasteiger partial charge < -0.3 is 33.4 Å². The first-order chi connectivity index (χ1) is 18.4. The normalized spacial score (nSPS) is 19.1. The summed E-state index contributed by atoms with van der Waals surface area (Å²) >= 11 is 0. The number of aromatic nitrogens is 1. The fourth-order valence-corrected chi connectivity index (χ4v) is 5.35. The van der Waals surface area contributed by atoms with Gasteiger partial charge in [-0.1, -0.05) is 5.76 Å². The number of aryl methyl sites for hydroxylation is 1. The predicted octanol–water partition coefficient (Wildman–Crippen LogP) is 1.96. The number of amides is 1. The molecule has 1 aromatic carbocycles. The Bertz CT molecular complexity index is 1410. The van der Waals surface area contributed by atoms with Crippen LogP contribution in [-0.2, 0) is 42.1 Å². The third-order valence-corrected chi connectivity index (χ3v) is 6.93. The van der Waals surface area contributed by atoms with Gasteiger partial charge in [0.25, 0.3) is 0 Å². The van der Waals surface area contributed by atoms with E-state index in [1.165, 1.54) is 4.58 Å². The van der Waals surface area contributed by atoms with Gasteiger partial charge in [0, 0.05) is 25.1 Å². The number of benzene rings is 1. The molecule has 0 N–H and O–H groups in total. The molecule has 0 spiro atoms. The number of methoxy groups -OCH3 is 3. The van der Waals surface area contributed by atoms with Crippen molar-refractivity contribution in [3.05, 3.63) is 35.4 Å². The highest BCUT2D eigenvalue weighted by Gasteiger charge is 2.56. The van der Waals surface area contributed by atoms with Crippen LogP contribution < -0.4 is 14.6 Å². The van der Waals surface area contributed by atoms with Gasteiger partial charge in [-0.3, -0.25) is 4.79 Å². The molecule has 0 fully saturated rings. The Kier molecular flexibility index (Phi) is 7.38. The zero-order chi connectivity index (χ0) is 28.7. The molecule has 39 heavy (non-hydrogen) atoms. The molecule has 2 aliphatic rings. The van der Waals surface area contributed by atoms with Crippen molar-refractivity contribution in [2.45, 2.75) is 52.1 Å². The fraction of sp³-hybridized carbons (Fsp3) is 0.500. The van der Waals surface area contributed by atoms with Crippen LogP contribution in [0.3, 0.4) is 0 Å². The van der Waals surface area contributed by atoms with Crippen molar-refractivity contribution in [3.63, 3.8) is 0 Å². The van der Waals surface area contributed by atoms with Crippen LogP contribution in [0.4, 0.5) is 0 Å². The Hall–Kier alpha value is -4.02. The van der Waals surface area contributed by atoms with Crippen molar-refractivity contribution in [3.8, 4) is 11.5 Å². The zero-order valence-corrected chi connectivity index (χ0v) is 23.3. The number of carbonyl (C=O) groups excluding carboxylic acids is 3. The summed E-state index contributed by atoms with van der Waals surface area (Å²) in [6, 6.07) is 3.63. The lowest BCUT2D eigenvalue weighted by Gasteiger charge is -2.33. The monoisotopic (exact) mass is 542 g/mol. The van der Waals surface area contributed by atoms with E-state index in [0.717, 1.165) is 23.6 Å². The molecule has 210 valence electrons. The summed E-state index contributed by atoms with van der Waals surface area (Å²) in [4.78, 5) is 39.0. The van der Waals surface area contributed by atoms with Gasteiger partial charge in [-0.25, -0.2) is 9.59 Å². The lowest BCUT2D eigenvalue weighted by atomic mass is 9.76. The first-order valence-corrected chi connectivity index (χ1v) is 12.6. The van der Waals surface area contributed by atoms with Crippen molar-refractivity contribution >= 4 is 34.6 Å². The van der Waals surface area contributed by atoms with Crippen LogP contribution >= 0.6 is 0 Å². The Labute approximate surface area is 226 Å². The van der Waals surface area contributed by atoms with Gasteiger partial charge in [0.05, 0.1) is 33.3 Å². The van der Waals surface area contributed by atoms with Gasteiger partial charge in [0.2, 0.25) is 5.76 Å². The van der Waals surface area contributed by atoms with Crippen LogP contribution in [-0.4, -0.2) is 66.4 Å². The third kappa shape index (κ3) is 4.93.